The Morgan fingerprint density at radius 3 is 1.94 bits per heavy atom. The average molecular weight is 248 g/mol. The Morgan fingerprint density at radius 1 is 0.882 bits per heavy atom. The highest BCUT2D eigenvalue weighted by molar-refractivity contribution is 5.15. The summed E-state index contributed by atoms with van der Waals surface area (Å²) >= 11 is 0. The largest absolute Gasteiger partial charge is 0.310 e. The van der Waals surface area contributed by atoms with Gasteiger partial charge in [-0.05, 0) is 12.0 Å². The van der Waals surface area contributed by atoms with Crippen molar-refractivity contribution in [1.82, 2.24) is 0 Å². The molecule has 0 fully saturated rings. The Kier molecular flexibility index (Phi) is 4.54. The second-order valence-corrected chi connectivity index (χ2v) is 4.14. The van der Waals surface area contributed by atoms with E-state index in [1.54, 1.807) is 30.3 Å². The SMILES string of the molecule is CCCC(F)(F)C(F)(F)CCc1ccccc1. The maximum absolute atomic E-state index is 13.3. The molecular formula is C13H16F4. The molecule has 0 aliphatic rings. The summed E-state index contributed by atoms with van der Waals surface area (Å²) in [4.78, 5) is 0. The Labute approximate surface area is 98.6 Å². The first-order chi connectivity index (χ1) is 7.89. The van der Waals surface area contributed by atoms with E-state index in [1.807, 2.05) is 0 Å². The second-order valence-electron chi connectivity index (χ2n) is 4.14. The van der Waals surface area contributed by atoms with Crippen LogP contribution in [0.5, 0.6) is 0 Å². The minimum absolute atomic E-state index is 0.0346. The zero-order valence-electron chi connectivity index (χ0n) is 9.73. The van der Waals surface area contributed by atoms with Crippen molar-refractivity contribution < 1.29 is 17.6 Å². The molecule has 17 heavy (non-hydrogen) atoms. The summed E-state index contributed by atoms with van der Waals surface area (Å²) in [6.07, 6.45) is -1.57. The van der Waals surface area contributed by atoms with Crippen LogP contribution in [0.15, 0.2) is 30.3 Å². The number of hydrogen-bond acceptors (Lipinski definition) is 0. The lowest BCUT2D eigenvalue weighted by molar-refractivity contribution is -0.214. The molecule has 1 rings (SSSR count). The number of rotatable bonds is 6. The molecule has 0 saturated carbocycles. The van der Waals surface area contributed by atoms with Crippen LogP contribution < -0.4 is 0 Å². The molecule has 0 spiro atoms. The Hall–Kier alpha value is -1.06. The van der Waals surface area contributed by atoms with Gasteiger partial charge in [0.1, 0.15) is 0 Å². The van der Waals surface area contributed by atoms with Crippen LogP contribution in [0.4, 0.5) is 17.6 Å². The maximum atomic E-state index is 13.3. The van der Waals surface area contributed by atoms with Gasteiger partial charge in [0.15, 0.2) is 0 Å². The van der Waals surface area contributed by atoms with Gasteiger partial charge >= 0.3 is 11.8 Å². The van der Waals surface area contributed by atoms with E-state index in [-0.39, 0.29) is 12.8 Å². The highest BCUT2D eigenvalue weighted by Crippen LogP contribution is 2.40. The lowest BCUT2D eigenvalue weighted by Crippen LogP contribution is -2.40. The monoisotopic (exact) mass is 248 g/mol. The molecule has 1 aromatic rings. The van der Waals surface area contributed by atoms with Crippen LogP contribution in [0.3, 0.4) is 0 Å². The van der Waals surface area contributed by atoms with E-state index in [0.29, 0.717) is 5.56 Å². The molecule has 0 saturated heterocycles. The average Bonchev–Trinajstić information content (AvgIpc) is 2.28. The fraction of sp³-hybridized carbons (Fsp3) is 0.538. The summed E-state index contributed by atoms with van der Waals surface area (Å²) in [6.45, 7) is 1.47. The fourth-order valence-electron chi connectivity index (χ4n) is 1.63. The first-order valence-corrected chi connectivity index (χ1v) is 5.68. The molecular weight excluding hydrogens is 232 g/mol. The van der Waals surface area contributed by atoms with Crippen LogP contribution in [0.1, 0.15) is 31.7 Å². The molecule has 0 unspecified atom stereocenters. The predicted molar refractivity (Wildman–Crippen MR) is 59.6 cm³/mol. The number of hydrogen-bond donors (Lipinski definition) is 0. The van der Waals surface area contributed by atoms with Crippen molar-refractivity contribution in [2.45, 2.75) is 44.5 Å². The smallest absolute Gasteiger partial charge is 0.200 e. The van der Waals surface area contributed by atoms with Crippen molar-refractivity contribution in [1.29, 1.82) is 0 Å². The van der Waals surface area contributed by atoms with Gasteiger partial charge < -0.3 is 0 Å². The van der Waals surface area contributed by atoms with E-state index in [1.165, 1.54) is 6.92 Å². The van der Waals surface area contributed by atoms with E-state index in [9.17, 15) is 17.6 Å². The summed E-state index contributed by atoms with van der Waals surface area (Å²) in [6, 6.07) is 8.49. The van der Waals surface area contributed by atoms with E-state index >= 15 is 0 Å². The predicted octanol–water partition coefficient (Wildman–Crippen LogP) is 4.69. The lowest BCUT2D eigenvalue weighted by atomic mass is 9.99. The van der Waals surface area contributed by atoms with Crippen molar-refractivity contribution in [2.75, 3.05) is 0 Å². The quantitative estimate of drug-likeness (QED) is 0.641. The number of alkyl halides is 4. The molecule has 0 amide bonds. The molecule has 0 nitrogen and oxygen atoms in total. The topological polar surface area (TPSA) is 0 Å². The van der Waals surface area contributed by atoms with Gasteiger partial charge in [-0.2, -0.15) is 17.6 Å². The molecule has 96 valence electrons. The Morgan fingerprint density at radius 2 is 1.41 bits per heavy atom. The summed E-state index contributed by atoms with van der Waals surface area (Å²) in [5, 5.41) is 0. The lowest BCUT2D eigenvalue weighted by Gasteiger charge is -2.26. The van der Waals surface area contributed by atoms with Crippen molar-refractivity contribution >= 4 is 0 Å². The summed E-state index contributed by atoms with van der Waals surface area (Å²) in [7, 11) is 0. The van der Waals surface area contributed by atoms with Crippen molar-refractivity contribution in [2.24, 2.45) is 0 Å². The molecule has 0 atom stereocenters. The highest BCUT2D eigenvalue weighted by atomic mass is 19.3. The van der Waals surface area contributed by atoms with Gasteiger partial charge in [0.25, 0.3) is 0 Å². The van der Waals surface area contributed by atoms with Crippen LogP contribution in [0.25, 0.3) is 0 Å². The van der Waals surface area contributed by atoms with Gasteiger partial charge in [-0.15, -0.1) is 0 Å². The van der Waals surface area contributed by atoms with E-state index in [0.717, 1.165) is 0 Å². The fourth-order valence-corrected chi connectivity index (χ4v) is 1.63. The van der Waals surface area contributed by atoms with Crippen molar-refractivity contribution in [3.05, 3.63) is 35.9 Å². The van der Waals surface area contributed by atoms with Gasteiger partial charge in [-0.3, -0.25) is 0 Å². The number of halogens is 4. The maximum Gasteiger partial charge on any atom is 0.310 e. The van der Waals surface area contributed by atoms with E-state index < -0.39 is 24.7 Å². The molecule has 4 heteroatoms. The van der Waals surface area contributed by atoms with Crippen molar-refractivity contribution in [3.8, 4) is 0 Å². The molecule has 0 bridgehead atoms. The molecule has 1 aromatic carbocycles. The van der Waals surface area contributed by atoms with Gasteiger partial charge in [-0.25, -0.2) is 0 Å². The van der Waals surface area contributed by atoms with Crippen LogP contribution in [-0.4, -0.2) is 11.8 Å². The first kappa shape index (κ1) is 14.0. The molecule has 0 N–H and O–H groups in total. The Bertz CT molecular complexity index is 333. The molecule has 0 aliphatic carbocycles. The normalized spacial score (nSPS) is 12.8. The van der Waals surface area contributed by atoms with Crippen LogP contribution in [0.2, 0.25) is 0 Å². The van der Waals surface area contributed by atoms with Gasteiger partial charge in [0.05, 0.1) is 0 Å². The molecule has 0 heterocycles. The van der Waals surface area contributed by atoms with E-state index in [2.05, 4.69) is 0 Å². The van der Waals surface area contributed by atoms with Gasteiger partial charge in [0, 0.05) is 12.8 Å². The van der Waals surface area contributed by atoms with E-state index in [4.69, 9.17) is 0 Å². The minimum atomic E-state index is -3.93. The third kappa shape index (κ3) is 3.72. The molecule has 0 radical (unpaired) electrons. The van der Waals surface area contributed by atoms with Gasteiger partial charge in [-0.1, -0.05) is 43.7 Å². The van der Waals surface area contributed by atoms with Gasteiger partial charge in [0.2, 0.25) is 0 Å². The third-order valence-corrected chi connectivity index (χ3v) is 2.67. The van der Waals surface area contributed by atoms with Crippen LogP contribution in [-0.2, 0) is 6.42 Å². The van der Waals surface area contributed by atoms with Crippen LogP contribution in [0, 0.1) is 0 Å². The number of benzene rings is 1. The van der Waals surface area contributed by atoms with Crippen LogP contribution >= 0.6 is 0 Å². The molecule has 0 aliphatic heterocycles. The number of aryl methyl sites for hydroxylation is 1. The standard InChI is InChI=1S/C13H16F4/c1-2-9-12(14,15)13(16,17)10-8-11-6-4-3-5-7-11/h3-7H,2,8-10H2,1H3. The summed E-state index contributed by atoms with van der Waals surface area (Å²) in [5.41, 5.74) is 0.652. The molecule has 0 aromatic heterocycles. The Balaban J connectivity index is 2.61. The highest BCUT2D eigenvalue weighted by Gasteiger charge is 2.54. The minimum Gasteiger partial charge on any atom is -0.200 e. The third-order valence-electron chi connectivity index (χ3n) is 2.67. The first-order valence-electron chi connectivity index (χ1n) is 5.68. The summed E-state index contributed by atoms with van der Waals surface area (Å²) in [5.74, 6) is -7.84. The second kappa shape index (κ2) is 5.52. The zero-order valence-corrected chi connectivity index (χ0v) is 9.73. The zero-order chi connectivity index (χ0) is 12.9. The van der Waals surface area contributed by atoms with Crippen molar-refractivity contribution in [3.63, 3.8) is 0 Å². The summed E-state index contributed by atoms with van der Waals surface area (Å²) < 4.78 is 53.0.